The fourth-order valence-electron chi connectivity index (χ4n) is 4.41. The van der Waals surface area contributed by atoms with Crippen LogP contribution >= 0.6 is 23.5 Å². The van der Waals surface area contributed by atoms with Crippen molar-refractivity contribution in [3.8, 4) is 0 Å². The maximum Gasteiger partial charge on any atom is 0.262 e. The van der Waals surface area contributed by atoms with Crippen LogP contribution in [0.5, 0.6) is 0 Å². The van der Waals surface area contributed by atoms with Crippen molar-refractivity contribution >= 4 is 28.6 Å². The van der Waals surface area contributed by atoms with Gasteiger partial charge in [-0.15, -0.1) is 0 Å². The van der Waals surface area contributed by atoms with Gasteiger partial charge >= 0.3 is 0 Å². The molecule has 31 heavy (non-hydrogen) atoms. The summed E-state index contributed by atoms with van der Waals surface area (Å²) in [6, 6.07) is 40.4. The Morgan fingerprint density at radius 2 is 1.10 bits per heavy atom. The minimum Gasteiger partial charge on any atom is -0.360 e. The number of fused-ring (bicyclic) bond motifs is 2. The van der Waals surface area contributed by atoms with Crippen LogP contribution in [-0.4, -0.2) is 5.04 Å². The highest BCUT2D eigenvalue weighted by Crippen LogP contribution is 2.69. The first kappa shape index (κ1) is 18.8. The first-order chi connectivity index (χ1) is 15.3. The van der Waals surface area contributed by atoms with Crippen LogP contribution in [0, 0.1) is 0 Å². The normalized spacial score (nSPS) is 20.8. The average molecular weight is 438 g/mol. The zero-order valence-electron chi connectivity index (χ0n) is 16.6. The Morgan fingerprint density at radius 1 is 0.581 bits per heavy atom. The molecule has 0 bridgehead atoms. The van der Waals surface area contributed by atoms with E-state index in [-0.39, 0.29) is 4.75 Å². The molecule has 2 aliphatic rings. The summed E-state index contributed by atoms with van der Waals surface area (Å²) in [6.45, 7) is 0. The third kappa shape index (κ3) is 2.86. The lowest BCUT2D eigenvalue weighted by atomic mass is 9.82. The number of nitrogens with zero attached hydrogens (tertiary/aromatic N) is 1. The number of thioether (sulfide) groups is 2. The molecule has 6 rings (SSSR count). The van der Waals surface area contributed by atoms with Gasteiger partial charge in [-0.3, -0.25) is 0 Å². The van der Waals surface area contributed by atoms with E-state index in [0.29, 0.717) is 0 Å². The van der Waals surface area contributed by atoms with Gasteiger partial charge in [0.1, 0.15) is 5.04 Å². The summed E-state index contributed by atoms with van der Waals surface area (Å²) < 4.78 is -1.01. The van der Waals surface area contributed by atoms with Gasteiger partial charge in [0.05, 0.1) is 4.75 Å². The third-order valence-corrected chi connectivity index (χ3v) is 8.91. The molecule has 0 aromatic heterocycles. The third-order valence-electron chi connectivity index (χ3n) is 5.78. The van der Waals surface area contributed by atoms with Crippen molar-refractivity contribution in [3.05, 3.63) is 143 Å². The van der Waals surface area contributed by atoms with Crippen LogP contribution in [0.3, 0.4) is 0 Å². The predicted molar refractivity (Wildman–Crippen MR) is 130 cm³/mol. The Balaban J connectivity index is 1.54. The zero-order chi connectivity index (χ0) is 20.7. The average Bonchev–Trinajstić information content (AvgIpc) is 3.42. The number of hydrogen-bond acceptors (Lipinski definition) is 4. The van der Waals surface area contributed by atoms with Gasteiger partial charge in [-0.2, -0.15) is 0 Å². The molecule has 1 spiro atoms. The van der Waals surface area contributed by atoms with Gasteiger partial charge in [-0.25, -0.2) is 0 Å². The number of oxime groups is 1. The quantitative estimate of drug-likeness (QED) is 0.346. The lowest BCUT2D eigenvalue weighted by molar-refractivity contribution is 0.106. The number of benzene rings is 4. The van der Waals surface area contributed by atoms with E-state index >= 15 is 0 Å². The fraction of sp³-hybridized carbons (Fsp3) is 0.0741. The van der Waals surface area contributed by atoms with Gasteiger partial charge in [0.2, 0.25) is 0 Å². The van der Waals surface area contributed by atoms with Crippen LogP contribution in [0.1, 0.15) is 27.8 Å². The second-order valence-electron chi connectivity index (χ2n) is 7.57. The zero-order valence-corrected chi connectivity index (χ0v) is 18.3. The first-order valence-electron chi connectivity index (χ1n) is 10.2. The van der Waals surface area contributed by atoms with Crippen molar-refractivity contribution in [2.24, 2.45) is 5.16 Å². The van der Waals surface area contributed by atoms with Crippen molar-refractivity contribution in [1.29, 1.82) is 0 Å². The van der Waals surface area contributed by atoms with E-state index in [4.69, 9.17) is 4.84 Å². The van der Waals surface area contributed by atoms with Gasteiger partial charge in [-0.05, 0) is 28.5 Å². The molecule has 0 saturated heterocycles. The molecule has 1 unspecified atom stereocenters. The van der Waals surface area contributed by atoms with Crippen LogP contribution in [0.15, 0.2) is 120 Å². The molecule has 1 atom stereocenters. The Labute approximate surface area is 190 Å². The smallest absolute Gasteiger partial charge is 0.262 e. The SMILES string of the molecule is c1ccc(C2=NOC3(S2)SC(c2ccccc2)(c2ccccc2)c2ccccc23)cc1. The van der Waals surface area contributed by atoms with E-state index in [9.17, 15) is 0 Å². The molecule has 2 aliphatic heterocycles. The minimum absolute atomic E-state index is 0.381. The van der Waals surface area contributed by atoms with E-state index in [1.165, 1.54) is 22.3 Å². The number of hydrogen-bond donors (Lipinski definition) is 0. The van der Waals surface area contributed by atoms with Crippen LogP contribution in [0.4, 0.5) is 0 Å². The first-order valence-corrected chi connectivity index (χ1v) is 11.9. The van der Waals surface area contributed by atoms with E-state index in [1.54, 1.807) is 11.8 Å². The fourth-order valence-corrected chi connectivity index (χ4v) is 7.70. The summed E-state index contributed by atoms with van der Waals surface area (Å²) >= 11 is 3.53. The molecule has 150 valence electrons. The molecule has 0 saturated carbocycles. The van der Waals surface area contributed by atoms with Crippen LogP contribution in [0.25, 0.3) is 0 Å². The lowest BCUT2D eigenvalue weighted by Crippen LogP contribution is -2.24. The van der Waals surface area contributed by atoms with Gasteiger partial charge in [0.25, 0.3) is 4.27 Å². The molecular formula is C27H19NOS2. The van der Waals surface area contributed by atoms with Gasteiger partial charge in [0.15, 0.2) is 0 Å². The van der Waals surface area contributed by atoms with Crippen molar-refractivity contribution < 1.29 is 4.84 Å². The van der Waals surface area contributed by atoms with Crippen LogP contribution in [0.2, 0.25) is 0 Å². The lowest BCUT2D eigenvalue weighted by Gasteiger charge is -2.32. The van der Waals surface area contributed by atoms with E-state index < -0.39 is 4.27 Å². The summed E-state index contributed by atoms with van der Waals surface area (Å²) in [5.41, 5.74) is 6.00. The molecular weight excluding hydrogens is 418 g/mol. The van der Waals surface area contributed by atoms with Crippen LogP contribution in [-0.2, 0) is 13.8 Å². The summed E-state index contributed by atoms with van der Waals surface area (Å²) in [7, 11) is 0. The molecule has 4 aromatic carbocycles. The highest BCUT2D eigenvalue weighted by molar-refractivity contribution is 8.26. The molecule has 4 heteroatoms. The number of rotatable bonds is 3. The Hall–Kier alpha value is -2.95. The van der Waals surface area contributed by atoms with Crippen molar-refractivity contribution in [3.63, 3.8) is 0 Å². The second kappa shape index (κ2) is 7.33. The summed E-state index contributed by atoms with van der Waals surface area (Å²) in [5, 5.41) is 5.47. The molecule has 0 amide bonds. The van der Waals surface area contributed by atoms with Crippen molar-refractivity contribution in [1.82, 2.24) is 0 Å². The Morgan fingerprint density at radius 3 is 1.71 bits per heavy atom. The highest BCUT2D eigenvalue weighted by atomic mass is 32.2. The standard InChI is InChI=1S/C27H19NOS2/c1-4-12-20(13-5-1)25-28-29-27(30-25)24-19-11-10-18-23(24)26(31-27,21-14-6-2-7-15-21)22-16-8-3-9-17-22/h1-19H. The highest BCUT2D eigenvalue weighted by Gasteiger charge is 2.60. The largest absolute Gasteiger partial charge is 0.360 e. The molecule has 2 heterocycles. The van der Waals surface area contributed by atoms with Crippen molar-refractivity contribution in [2.75, 3.05) is 0 Å². The van der Waals surface area contributed by atoms with E-state index in [1.807, 2.05) is 30.0 Å². The predicted octanol–water partition coefficient (Wildman–Crippen LogP) is 6.96. The maximum atomic E-state index is 6.31. The summed E-state index contributed by atoms with van der Waals surface area (Å²) in [6.07, 6.45) is 0. The summed E-state index contributed by atoms with van der Waals surface area (Å²) in [4.78, 5) is 6.31. The molecule has 0 fully saturated rings. The minimum atomic E-state index is -0.631. The van der Waals surface area contributed by atoms with Gasteiger partial charge in [0, 0.05) is 11.1 Å². The second-order valence-corrected chi connectivity index (χ2v) is 10.4. The molecule has 0 N–H and O–H groups in total. The molecule has 0 radical (unpaired) electrons. The molecule has 2 nitrogen and oxygen atoms in total. The van der Waals surface area contributed by atoms with Crippen molar-refractivity contribution in [2.45, 2.75) is 9.01 Å². The summed E-state index contributed by atoms with van der Waals surface area (Å²) in [5.74, 6) is 0. The Kier molecular flexibility index (Phi) is 4.44. The Bertz CT molecular complexity index is 1220. The maximum absolute atomic E-state index is 6.31. The molecule has 4 aromatic rings. The van der Waals surface area contributed by atoms with Gasteiger partial charge in [-0.1, -0.05) is 132 Å². The monoisotopic (exact) mass is 437 g/mol. The topological polar surface area (TPSA) is 21.6 Å². The van der Waals surface area contributed by atoms with E-state index in [2.05, 4.69) is 102 Å². The molecule has 0 aliphatic carbocycles. The van der Waals surface area contributed by atoms with E-state index in [0.717, 1.165) is 10.6 Å². The van der Waals surface area contributed by atoms with Crippen LogP contribution < -0.4 is 0 Å². The van der Waals surface area contributed by atoms with Gasteiger partial charge < -0.3 is 4.84 Å².